The van der Waals surface area contributed by atoms with Crippen molar-refractivity contribution in [2.45, 2.75) is 0 Å². The number of rotatable bonds is 4. The van der Waals surface area contributed by atoms with Crippen molar-refractivity contribution < 1.29 is 18.0 Å². The lowest BCUT2D eigenvalue weighted by Crippen LogP contribution is -2.16. The quantitative estimate of drug-likeness (QED) is 0.654. The van der Waals surface area contributed by atoms with E-state index in [1.54, 1.807) is 24.3 Å². The maximum atomic E-state index is 13.7. The SMILES string of the molecule is O=C(Nc1ccc(F)c(F)c1F)c1cc(Nc2cccc(Cl)c2)ncn1. The van der Waals surface area contributed by atoms with Crippen molar-refractivity contribution in [3.63, 3.8) is 0 Å². The Hall–Kier alpha value is -3.13. The summed E-state index contributed by atoms with van der Waals surface area (Å²) in [7, 11) is 0. The molecule has 26 heavy (non-hydrogen) atoms. The summed E-state index contributed by atoms with van der Waals surface area (Å²) in [6, 6.07) is 9.75. The molecule has 0 aliphatic carbocycles. The highest BCUT2D eigenvalue weighted by Gasteiger charge is 2.17. The molecule has 1 aromatic heterocycles. The minimum Gasteiger partial charge on any atom is -0.340 e. The molecule has 5 nitrogen and oxygen atoms in total. The Bertz CT molecular complexity index is 984. The fourth-order valence-electron chi connectivity index (χ4n) is 2.07. The Kier molecular flexibility index (Phi) is 5.04. The number of halogens is 4. The number of amides is 1. The van der Waals surface area contributed by atoms with E-state index in [-0.39, 0.29) is 11.5 Å². The van der Waals surface area contributed by atoms with E-state index in [0.717, 1.165) is 12.4 Å². The molecule has 0 spiro atoms. The molecular formula is C17H10ClF3N4O. The van der Waals surface area contributed by atoms with Crippen molar-refractivity contribution in [2.75, 3.05) is 10.6 Å². The molecule has 0 unspecified atom stereocenters. The van der Waals surface area contributed by atoms with Crippen molar-refractivity contribution in [1.82, 2.24) is 9.97 Å². The molecule has 132 valence electrons. The summed E-state index contributed by atoms with van der Waals surface area (Å²) in [5.74, 6) is -5.04. The molecule has 0 aliphatic rings. The molecule has 3 aromatic rings. The van der Waals surface area contributed by atoms with Gasteiger partial charge < -0.3 is 10.6 Å². The Labute approximate surface area is 150 Å². The zero-order valence-corrected chi connectivity index (χ0v) is 13.7. The maximum absolute atomic E-state index is 13.7. The number of anilines is 3. The molecule has 3 rings (SSSR count). The third-order valence-electron chi connectivity index (χ3n) is 3.28. The molecular weight excluding hydrogens is 369 g/mol. The molecule has 2 aromatic carbocycles. The van der Waals surface area contributed by atoms with Crippen molar-refractivity contribution >= 4 is 34.7 Å². The molecule has 0 bridgehead atoms. The van der Waals surface area contributed by atoms with Crippen LogP contribution in [0.5, 0.6) is 0 Å². The number of carbonyl (C=O) groups excluding carboxylic acids is 1. The van der Waals surface area contributed by atoms with E-state index >= 15 is 0 Å². The Balaban J connectivity index is 1.79. The Morgan fingerprint density at radius 2 is 1.81 bits per heavy atom. The second-order valence-electron chi connectivity index (χ2n) is 5.10. The minimum absolute atomic E-state index is 0.103. The third-order valence-corrected chi connectivity index (χ3v) is 3.52. The smallest absolute Gasteiger partial charge is 0.274 e. The highest BCUT2D eigenvalue weighted by atomic mass is 35.5. The summed E-state index contributed by atoms with van der Waals surface area (Å²) < 4.78 is 39.8. The summed E-state index contributed by atoms with van der Waals surface area (Å²) in [5.41, 5.74) is 0.0275. The van der Waals surface area contributed by atoms with Crippen molar-refractivity contribution in [1.29, 1.82) is 0 Å². The number of hydrogen-bond donors (Lipinski definition) is 2. The summed E-state index contributed by atoms with van der Waals surface area (Å²) in [5, 5.41) is 5.58. The second kappa shape index (κ2) is 7.40. The number of nitrogens with one attached hydrogen (secondary N) is 2. The summed E-state index contributed by atoms with van der Waals surface area (Å²) in [6.45, 7) is 0. The minimum atomic E-state index is -1.67. The van der Waals surface area contributed by atoms with E-state index in [1.807, 2.05) is 0 Å². The van der Waals surface area contributed by atoms with Crippen LogP contribution in [0.25, 0.3) is 0 Å². The van der Waals surface area contributed by atoms with Crippen LogP contribution in [0.3, 0.4) is 0 Å². The van der Waals surface area contributed by atoms with Crippen LogP contribution in [0, 0.1) is 17.5 Å². The third kappa shape index (κ3) is 3.92. The van der Waals surface area contributed by atoms with Crippen LogP contribution in [0.15, 0.2) is 48.8 Å². The standard InChI is InChI=1S/C17H10ClF3N4O/c18-9-2-1-3-10(6-9)24-14-7-13(22-8-23-14)17(26)25-12-5-4-11(19)15(20)16(12)21/h1-8H,(H,25,26)(H,22,23,24). The van der Waals surface area contributed by atoms with E-state index < -0.39 is 29.0 Å². The number of aromatic nitrogens is 2. The molecule has 0 saturated carbocycles. The van der Waals surface area contributed by atoms with Crippen molar-refractivity contribution in [3.8, 4) is 0 Å². The van der Waals surface area contributed by atoms with Gasteiger partial charge in [0.25, 0.3) is 5.91 Å². The second-order valence-corrected chi connectivity index (χ2v) is 5.54. The van der Waals surface area contributed by atoms with Gasteiger partial charge in [0.15, 0.2) is 17.5 Å². The Morgan fingerprint density at radius 3 is 2.58 bits per heavy atom. The molecule has 0 radical (unpaired) electrons. The Morgan fingerprint density at radius 1 is 1.00 bits per heavy atom. The molecule has 9 heteroatoms. The van der Waals surface area contributed by atoms with Gasteiger partial charge in [-0.2, -0.15) is 0 Å². The first-order valence-electron chi connectivity index (χ1n) is 7.23. The van der Waals surface area contributed by atoms with Crippen LogP contribution in [0.1, 0.15) is 10.5 Å². The summed E-state index contributed by atoms with van der Waals surface area (Å²) >= 11 is 5.89. The fourth-order valence-corrected chi connectivity index (χ4v) is 2.26. The van der Waals surface area contributed by atoms with Gasteiger partial charge in [-0.3, -0.25) is 4.79 Å². The maximum Gasteiger partial charge on any atom is 0.274 e. The molecule has 2 N–H and O–H groups in total. The molecule has 0 atom stereocenters. The lowest BCUT2D eigenvalue weighted by atomic mass is 10.2. The average Bonchev–Trinajstić information content (AvgIpc) is 2.62. The largest absolute Gasteiger partial charge is 0.340 e. The van der Waals surface area contributed by atoms with Crippen LogP contribution in [-0.4, -0.2) is 15.9 Å². The van der Waals surface area contributed by atoms with Crippen LogP contribution in [0.4, 0.5) is 30.4 Å². The van der Waals surface area contributed by atoms with Crippen molar-refractivity contribution in [2.24, 2.45) is 0 Å². The van der Waals surface area contributed by atoms with Gasteiger partial charge in [-0.05, 0) is 30.3 Å². The zero-order chi connectivity index (χ0) is 18.7. The van der Waals surface area contributed by atoms with Gasteiger partial charge in [0.05, 0.1) is 5.69 Å². The normalized spacial score (nSPS) is 10.5. The lowest BCUT2D eigenvalue weighted by Gasteiger charge is -2.09. The van der Waals surface area contributed by atoms with Crippen LogP contribution < -0.4 is 10.6 Å². The van der Waals surface area contributed by atoms with E-state index in [1.165, 1.54) is 6.07 Å². The predicted molar refractivity (Wildman–Crippen MR) is 91.0 cm³/mol. The lowest BCUT2D eigenvalue weighted by molar-refractivity contribution is 0.102. The molecule has 1 amide bonds. The molecule has 0 saturated heterocycles. The van der Waals surface area contributed by atoms with Gasteiger partial charge in [0, 0.05) is 16.8 Å². The number of hydrogen-bond acceptors (Lipinski definition) is 4. The monoisotopic (exact) mass is 378 g/mol. The van der Waals surface area contributed by atoms with E-state index in [0.29, 0.717) is 16.8 Å². The number of benzene rings is 2. The van der Waals surface area contributed by atoms with Crippen LogP contribution in [-0.2, 0) is 0 Å². The first-order chi connectivity index (χ1) is 12.4. The van der Waals surface area contributed by atoms with E-state index in [4.69, 9.17) is 11.6 Å². The highest BCUT2D eigenvalue weighted by Crippen LogP contribution is 2.21. The first-order valence-corrected chi connectivity index (χ1v) is 7.61. The summed E-state index contributed by atoms with van der Waals surface area (Å²) in [6.07, 6.45) is 1.13. The van der Waals surface area contributed by atoms with E-state index in [9.17, 15) is 18.0 Å². The van der Waals surface area contributed by atoms with Crippen LogP contribution >= 0.6 is 11.6 Å². The number of carbonyl (C=O) groups is 1. The number of nitrogens with zero attached hydrogens (tertiary/aromatic N) is 2. The molecule has 0 aliphatic heterocycles. The van der Waals surface area contributed by atoms with Gasteiger partial charge in [-0.25, -0.2) is 23.1 Å². The average molecular weight is 379 g/mol. The fraction of sp³-hybridized carbons (Fsp3) is 0. The van der Waals surface area contributed by atoms with E-state index in [2.05, 4.69) is 20.6 Å². The van der Waals surface area contributed by atoms with Crippen LogP contribution in [0.2, 0.25) is 5.02 Å². The highest BCUT2D eigenvalue weighted by molar-refractivity contribution is 6.30. The van der Waals surface area contributed by atoms with Gasteiger partial charge in [-0.15, -0.1) is 0 Å². The van der Waals surface area contributed by atoms with Gasteiger partial charge >= 0.3 is 0 Å². The van der Waals surface area contributed by atoms with Gasteiger partial charge in [-0.1, -0.05) is 17.7 Å². The predicted octanol–water partition coefficient (Wildman–Crippen LogP) is 4.54. The van der Waals surface area contributed by atoms with Gasteiger partial charge in [0.1, 0.15) is 17.8 Å². The zero-order valence-electron chi connectivity index (χ0n) is 12.9. The summed E-state index contributed by atoms with van der Waals surface area (Å²) in [4.78, 5) is 19.9. The van der Waals surface area contributed by atoms with Gasteiger partial charge in [0.2, 0.25) is 0 Å². The molecule has 1 heterocycles. The van der Waals surface area contributed by atoms with Crippen molar-refractivity contribution in [3.05, 3.63) is 77.0 Å². The first kappa shape index (κ1) is 17.7. The topological polar surface area (TPSA) is 66.9 Å². The molecule has 0 fully saturated rings.